The first-order chi connectivity index (χ1) is 21.7. The Kier molecular flexibility index (Phi) is 34.9. The molecular weight excluding hydrogens is 579 g/mol. The molecule has 0 spiro atoms. The van der Waals surface area contributed by atoms with E-state index in [1.54, 1.807) is 0 Å². The van der Waals surface area contributed by atoms with Crippen molar-refractivity contribution in [2.24, 2.45) is 0 Å². The smallest absolute Gasteiger partial charge is 1.00 e. The summed E-state index contributed by atoms with van der Waals surface area (Å²) >= 11 is 0. The van der Waals surface area contributed by atoms with Crippen LogP contribution in [-0.4, -0.2) is 23.1 Å². The van der Waals surface area contributed by atoms with Gasteiger partial charge in [0.15, 0.2) is 0 Å². The topological polar surface area (TPSA) is 52.6 Å². The van der Waals surface area contributed by atoms with E-state index in [4.69, 9.17) is 9.47 Å². The van der Waals surface area contributed by atoms with E-state index in [1.165, 1.54) is 116 Å². The summed E-state index contributed by atoms with van der Waals surface area (Å²) in [5, 5.41) is 0. The largest absolute Gasteiger partial charge is 1.00 e. The van der Waals surface area contributed by atoms with Gasteiger partial charge in [0, 0.05) is 0 Å². The first-order valence-electron chi connectivity index (χ1n) is 20.2. The maximum Gasteiger partial charge on any atom is 1.00 e. The fourth-order valence-corrected chi connectivity index (χ4v) is 6.66. The van der Waals surface area contributed by atoms with Gasteiger partial charge in [-0.3, -0.25) is 9.59 Å². The van der Waals surface area contributed by atoms with Crippen LogP contribution in [0.15, 0.2) is 0 Å². The van der Waals surface area contributed by atoms with Gasteiger partial charge in [-0.15, -0.1) is 0 Å². The summed E-state index contributed by atoms with van der Waals surface area (Å²) in [6, 6.07) is 0. The van der Waals surface area contributed by atoms with Gasteiger partial charge >= 0.3 is 41.5 Å². The van der Waals surface area contributed by atoms with Crippen molar-refractivity contribution in [3.05, 3.63) is 0 Å². The summed E-state index contributed by atoms with van der Waals surface area (Å²) in [6.07, 6.45) is 35.8. The maximum absolute atomic E-state index is 13.1. The summed E-state index contributed by atoms with van der Waals surface area (Å²) < 4.78 is 12.2. The van der Waals surface area contributed by atoms with Crippen LogP contribution in [0, 0.1) is 0 Å². The number of ether oxygens (including phenoxy) is 2. The van der Waals surface area contributed by atoms with Crippen LogP contribution in [-0.2, 0) is 19.1 Å². The number of esters is 2. The molecule has 0 amide bonds. The van der Waals surface area contributed by atoms with E-state index < -0.39 is 23.1 Å². The third-order valence-corrected chi connectivity index (χ3v) is 9.75. The van der Waals surface area contributed by atoms with Gasteiger partial charge in [-0.05, 0) is 65.2 Å². The van der Waals surface area contributed by atoms with Gasteiger partial charge in [0.2, 0.25) is 0 Å². The van der Waals surface area contributed by atoms with Crippen LogP contribution in [0.25, 0.3) is 0 Å². The van der Waals surface area contributed by atoms with Crippen LogP contribution < -0.4 is 29.6 Å². The van der Waals surface area contributed by atoms with Crippen LogP contribution in [0.1, 0.15) is 242 Å². The molecule has 0 rings (SSSR count). The second kappa shape index (κ2) is 33.4. The van der Waals surface area contributed by atoms with Gasteiger partial charge in [-0.25, -0.2) is 0 Å². The Morgan fingerprint density at radius 3 is 0.848 bits per heavy atom. The van der Waals surface area contributed by atoms with Crippen molar-refractivity contribution in [1.29, 1.82) is 0 Å². The molecule has 0 N–H and O–H groups in total. The average molecular weight is 661 g/mol. The molecule has 0 aromatic carbocycles. The molecule has 46 heavy (non-hydrogen) atoms. The molecule has 0 heterocycles. The fourth-order valence-electron chi connectivity index (χ4n) is 6.66. The molecule has 0 fully saturated rings. The van der Waals surface area contributed by atoms with Crippen molar-refractivity contribution >= 4 is 11.9 Å². The minimum absolute atomic E-state index is 0. The number of carbonyl (C=O) groups excluding carboxylic acids is 2. The van der Waals surface area contributed by atoms with E-state index in [9.17, 15) is 9.59 Å². The van der Waals surface area contributed by atoms with E-state index in [0.29, 0.717) is 0 Å². The molecule has 0 saturated heterocycles. The summed E-state index contributed by atoms with van der Waals surface area (Å²) in [5.74, 6) is -0.832. The monoisotopic (exact) mass is 661 g/mol. The van der Waals surface area contributed by atoms with Gasteiger partial charge in [0.05, 0.1) is 0 Å². The quantitative estimate of drug-likeness (QED) is 0.0298. The molecular formula is C41H81NaO4. The average Bonchev–Trinajstić information content (AvgIpc) is 2.99. The molecule has 5 heteroatoms. The summed E-state index contributed by atoms with van der Waals surface area (Å²) in [5.41, 5.74) is -0.986. The second-order valence-electron chi connectivity index (χ2n) is 14.8. The normalized spacial score (nSPS) is 13.9. The Labute approximate surface area is 312 Å². The molecule has 0 aromatic heterocycles. The number of hydrogen-bond acceptors (Lipinski definition) is 4. The van der Waals surface area contributed by atoms with E-state index in [1.807, 2.05) is 0 Å². The Bertz CT molecular complexity index is 634. The number of rotatable bonds is 34. The summed E-state index contributed by atoms with van der Waals surface area (Å²) in [7, 11) is 0. The van der Waals surface area contributed by atoms with E-state index in [-0.39, 0.29) is 37.4 Å². The minimum Gasteiger partial charge on any atom is -1.00 e. The summed E-state index contributed by atoms with van der Waals surface area (Å²) in [4.78, 5) is 26.1. The van der Waals surface area contributed by atoms with Crippen LogP contribution in [0.5, 0.6) is 0 Å². The Morgan fingerprint density at radius 1 is 0.391 bits per heavy atom. The summed E-state index contributed by atoms with van der Waals surface area (Å²) in [6.45, 7) is 13.1. The van der Waals surface area contributed by atoms with E-state index in [0.717, 1.165) is 77.0 Å². The predicted molar refractivity (Wildman–Crippen MR) is 196 cm³/mol. The molecule has 0 aliphatic heterocycles. The van der Waals surface area contributed by atoms with Crippen LogP contribution in [0.3, 0.4) is 0 Å². The SMILES string of the molecule is CCCCCCCCCCCCC(C)(CCCCC)OC(=O)CC(=O)OC(C)(CCCCC)CCCCCCCCCCCC.[H-].[Na+]. The molecule has 2 atom stereocenters. The predicted octanol–water partition coefficient (Wildman–Crippen LogP) is 10.9. The molecule has 4 nitrogen and oxygen atoms in total. The van der Waals surface area contributed by atoms with Crippen molar-refractivity contribution in [1.82, 2.24) is 0 Å². The third kappa shape index (κ3) is 30.0. The number of carbonyl (C=O) groups is 2. The van der Waals surface area contributed by atoms with Crippen molar-refractivity contribution in [2.45, 2.75) is 252 Å². The van der Waals surface area contributed by atoms with Crippen molar-refractivity contribution < 1.29 is 50.0 Å². The number of hydrogen-bond donors (Lipinski definition) is 0. The van der Waals surface area contributed by atoms with Gasteiger partial charge in [-0.2, -0.15) is 0 Å². The van der Waals surface area contributed by atoms with Crippen molar-refractivity contribution in [3.63, 3.8) is 0 Å². The second-order valence-corrected chi connectivity index (χ2v) is 14.8. The molecule has 0 aromatic rings. The van der Waals surface area contributed by atoms with Crippen molar-refractivity contribution in [3.8, 4) is 0 Å². The molecule has 0 radical (unpaired) electrons. The minimum atomic E-state index is -0.493. The van der Waals surface area contributed by atoms with Gasteiger partial charge < -0.3 is 10.9 Å². The molecule has 0 saturated carbocycles. The zero-order chi connectivity index (χ0) is 33.5. The van der Waals surface area contributed by atoms with E-state index >= 15 is 0 Å². The van der Waals surface area contributed by atoms with Gasteiger partial charge in [0.25, 0.3) is 0 Å². The van der Waals surface area contributed by atoms with Crippen LogP contribution in [0.4, 0.5) is 0 Å². The first kappa shape index (κ1) is 48.1. The number of unbranched alkanes of at least 4 members (excludes halogenated alkanes) is 22. The molecule has 2 unspecified atom stereocenters. The van der Waals surface area contributed by atoms with E-state index in [2.05, 4.69) is 41.5 Å². The Hall–Kier alpha value is -0.0600. The molecule has 0 aliphatic carbocycles. The standard InChI is InChI=1S/C41H80O4.Na.H/c1-7-11-15-17-19-21-23-25-27-31-35-40(5,33-29-13-9-3)44-38(42)37-39(43)45-41(6,34-30-14-10-4)36-32-28-26-24-22-20-18-16-12-8-2;;/h7-37H2,1-6H3;;/q;+1;-1. The maximum atomic E-state index is 13.1. The Morgan fingerprint density at radius 2 is 0.587 bits per heavy atom. The Balaban J connectivity index is -0.00000968. The third-order valence-electron chi connectivity index (χ3n) is 9.75. The van der Waals surface area contributed by atoms with Crippen LogP contribution >= 0.6 is 0 Å². The van der Waals surface area contributed by atoms with Crippen LogP contribution in [0.2, 0.25) is 0 Å². The van der Waals surface area contributed by atoms with Gasteiger partial charge in [0.1, 0.15) is 17.6 Å². The fraction of sp³-hybridized carbons (Fsp3) is 0.951. The molecule has 0 bridgehead atoms. The first-order valence-corrected chi connectivity index (χ1v) is 20.2. The molecule has 270 valence electrons. The zero-order valence-electron chi connectivity index (χ0n) is 33.6. The molecule has 0 aliphatic rings. The van der Waals surface area contributed by atoms with Gasteiger partial charge in [-0.1, -0.05) is 169 Å². The van der Waals surface area contributed by atoms with Crippen molar-refractivity contribution in [2.75, 3.05) is 0 Å². The zero-order valence-corrected chi connectivity index (χ0v) is 34.6.